The largest absolute Gasteiger partial charge is 0.494 e. The van der Waals surface area contributed by atoms with Crippen molar-refractivity contribution in [1.82, 2.24) is 9.78 Å². The van der Waals surface area contributed by atoms with E-state index in [1.54, 1.807) is 16.9 Å². The highest BCUT2D eigenvalue weighted by Crippen LogP contribution is 2.22. The van der Waals surface area contributed by atoms with Gasteiger partial charge in [0, 0.05) is 23.7 Å². The molecule has 0 spiro atoms. The van der Waals surface area contributed by atoms with Gasteiger partial charge < -0.3 is 9.47 Å². The van der Waals surface area contributed by atoms with E-state index in [2.05, 4.69) is 12.0 Å². The third kappa shape index (κ3) is 6.32. The van der Waals surface area contributed by atoms with Crippen molar-refractivity contribution >= 4 is 5.78 Å². The van der Waals surface area contributed by atoms with Crippen LogP contribution < -0.4 is 9.47 Å². The normalized spacial score (nSPS) is 10.8. The number of carbonyl (C=O) groups excluding carboxylic acids is 1. The molecule has 0 bridgehead atoms. The van der Waals surface area contributed by atoms with Gasteiger partial charge in [-0.2, -0.15) is 5.10 Å². The molecule has 0 saturated heterocycles. The van der Waals surface area contributed by atoms with E-state index in [4.69, 9.17) is 9.47 Å². The molecule has 7 heteroatoms. The molecule has 35 heavy (non-hydrogen) atoms. The number of halogens is 2. The Morgan fingerprint density at radius 1 is 0.943 bits per heavy atom. The summed E-state index contributed by atoms with van der Waals surface area (Å²) in [5.41, 5.74) is 1.76. The maximum absolute atomic E-state index is 13.9. The van der Waals surface area contributed by atoms with E-state index < -0.39 is 23.8 Å². The molecule has 0 radical (unpaired) electrons. The monoisotopic (exact) mass is 476 g/mol. The zero-order chi connectivity index (χ0) is 24.6. The number of para-hydroxylation sites is 1. The van der Waals surface area contributed by atoms with Crippen molar-refractivity contribution in [1.29, 1.82) is 0 Å². The zero-order valence-electron chi connectivity index (χ0n) is 19.4. The molecule has 180 valence electrons. The summed E-state index contributed by atoms with van der Waals surface area (Å²) in [5, 5.41) is 4.31. The van der Waals surface area contributed by atoms with Gasteiger partial charge in [-0.15, -0.1) is 0 Å². The van der Waals surface area contributed by atoms with Gasteiger partial charge in [0.25, 0.3) is 0 Å². The predicted octanol–water partition coefficient (Wildman–Crippen LogP) is 6.00. The van der Waals surface area contributed by atoms with Gasteiger partial charge in [0.2, 0.25) is 0 Å². The maximum Gasteiger partial charge on any atom is 0.187 e. The molecule has 0 aliphatic carbocycles. The third-order valence-corrected chi connectivity index (χ3v) is 5.40. The molecule has 4 rings (SSSR count). The fourth-order valence-electron chi connectivity index (χ4n) is 3.61. The number of rotatable bonds is 11. The Hall–Kier alpha value is -4.00. The SMILES string of the molecule is CCCOc1cccc(COc2ccccc2Cn2ccc(C(=O)Cc3c(F)cccc3F)n2)c1. The molecule has 0 saturated carbocycles. The Labute approximate surface area is 202 Å². The van der Waals surface area contributed by atoms with Crippen LogP contribution in [0.4, 0.5) is 8.78 Å². The smallest absolute Gasteiger partial charge is 0.187 e. The van der Waals surface area contributed by atoms with Gasteiger partial charge in [-0.3, -0.25) is 9.48 Å². The highest BCUT2D eigenvalue weighted by molar-refractivity contribution is 5.95. The Balaban J connectivity index is 1.41. The lowest BCUT2D eigenvalue weighted by Crippen LogP contribution is -2.10. The van der Waals surface area contributed by atoms with E-state index in [9.17, 15) is 13.6 Å². The lowest BCUT2D eigenvalue weighted by molar-refractivity contribution is 0.0985. The number of Topliss-reactive ketones (excluding diaryl/α,β-unsaturated/α-hetero) is 1. The Bertz CT molecular complexity index is 1280. The number of ether oxygens (including phenoxy) is 2. The first-order valence-electron chi connectivity index (χ1n) is 11.5. The van der Waals surface area contributed by atoms with Crippen LogP contribution in [0.15, 0.2) is 79.0 Å². The summed E-state index contributed by atoms with van der Waals surface area (Å²) in [5.74, 6) is -0.436. The second kappa shape index (κ2) is 11.4. The summed E-state index contributed by atoms with van der Waals surface area (Å²) < 4.78 is 41.2. The van der Waals surface area contributed by atoms with E-state index in [1.807, 2.05) is 48.5 Å². The third-order valence-electron chi connectivity index (χ3n) is 5.40. The second-order valence-corrected chi connectivity index (χ2v) is 8.09. The number of nitrogens with zero attached hydrogens (tertiary/aromatic N) is 2. The Morgan fingerprint density at radius 3 is 2.51 bits per heavy atom. The van der Waals surface area contributed by atoms with E-state index in [0.29, 0.717) is 25.5 Å². The fourth-order valence-corrected chi connectivity index (χ4v) is 3.61. The lowest BCUT2D eigenvalue weighted by atomic mass is 10.1. The molecule has 0 aliphatic heterocycles. The van der Waals surface area contributed by atoms with E-state index in [-0.39, 0.29) is 11.3 Å². The van der Waals surface area contributed by atoms with Crippen LogP contribution in [0.1, 0.15) is 40.5 Å². The van der Waals surface area contributed by atoms with Crippen LogP contribution in [-0.2, 0) is 19.6 Å². The summed E-state index contributed by atoms with van der Waals surface area (Å²) >= 11 is 0. The number of aromatic nitrogens is 2. The van der Waals surface area contributed by atoms with Crippen LogP contribution in [0, 0.1) is 11.6 Å². The van der Waals surface area contributed by atoms with Gasteiger partial charge in [0.15, 0.2) is 5.78 Å². The van der Waals surface area contributed by atoms with Crippen molar-refractivity contribution in [2.24, 2.45) is 0 Å². The van der Waals surface area contributed by atoms with Gasteiger partial charge in [-0.05, 0) is 48.4 Å². The van der Waals surface area contributed by atoms with Crippen molar-refractivity contribution in [3.8, 4) is 11.5 Å². The topological polar surface area (TPSA) is 53.4 Å². The first-order chi connectivity index (χ1) is 17.0. The maximum atomic E-state index is 13.9. The van der Waals surface area contributed by atoms with Gasteiger partial charge in [-0.25, -0.2) is 8.78 Å². The highest BCUT2D eigenvalue weighted by atomic mass is 19.1. The summed E-state index contributed by atoms with van der Waals surface area (Å²) in [6.07, 6.45) is 2.21. The molecule has 0 N–H and O–H groups in total. The molecule has 1 aromatic heterocycles. The minimum Gasteiger partial charge on any atom is -0.494 e. The number of benzene rings is 3. The van der Waals surface area contributed by atoms with E-state index in [1.165, 1.54) is 6.07 Å². The minimum absolute atomic E-state index is 0.148. The van der Waals surface area contributed by atoms with Crippen molar-refractivity contribution in [3.05, 3.63) is 113 Å². The van der Waals surface area contributed by atoms with E-state index in [0.717, 1.165) is 35.4 Å². The number of hydrogen-bond acceptors (Lipinski definition) is 4. The summed E-state index contributed by atoms with van der Waals surface area (Å²) in [6, 6.07) is 20.5. The summed E-state index contributed by atoms with van der Waals surface area (Å²) in [4.78, 5) is 12.6. The van der Waals surface area contributed by atoms with Crippen LogP contribution in [0.5, 0.6) is 11.5 Å². The molecule has 3 aromatic carbocycles. The summed E-state index contributed by atoms with van der Waals surface area (Å²) in [7, 11) is 0. The predicted molar refractivity (Wildman–Crippen MR) is 129 cm³/mol. The number of ketones is 1. The van der Waals surface area contributed by atoms with Crippen LogP contribution in [0.2, 0.25) is 0 Å². The second-order valence-electron chi connectivity index (χ2n) is 8.09. The fraction of sp³-hybridized carbons (Fsp3) is 0.214. The van der Waals surface area contributed by atoms with Gasteiger partial charge in [0.1, 0.15) is 35.4 Å². The molecule has 0 aliphatic rings. The molecule has 0 unspecified atom stereocenters. The van der Waals surface area contributed by atoms with Crippen molar-refractivity contribution < 1.29 is 23.0 Å². The number of carbonyl (C=O) groups is 1. The van der Waals surface area contributed by atoms with E-state index >= 15 is 0 Å². The quantitative estimate of drug-likeness (QED) is 0.249. The highest BCUT2D eigenvalue weighted by Gasteiger charge is 2.17. The first kappa shape index (κ1) is 24.1. The minimum atomic E-state index is -0.744. The Morgan fingerprint density at radius 2 is 1.71 bits per heavy atom. The summed E-state index contributed by atoms with van der Waals surface area (Å²) in [6.45, 7) is 3.47. The standard InChI is InChI=1S/C28H26F2N2O3/c1-2-15-34-22-9-5-7-20(16-22)19-35-28-12-4-3-8-21(28)18-32-14-13-26(31-32)27(33)17-23-24(29)10-6-11-25(23)30/h3-14,16H,2,15,17-19H2,1H3. The van der Waals surface area contributed by atoms with Crippen LogP contribution in [0.25, 0.3) is 0 Å². The van der Waals surface area contributed by atoms with Crippen molar-refractivity contribution in [3.63, 3.8) is 0 Å². The van der Waals surface area contributed by atoms with Crippen molar-refractivity contribution in [2.45, 2.75) is 32.9 Å². The number of hydrogen-bond donors (Lipinski definition) is 0. The molecule has 1 heterocycles. The molecular formula is C28H26F2N2O3. The van der Waals surface area contributed by atoms with Gasteiger partial charge in [-0.1, -0.05) is 43.3 Å². The first-order valence-corrected chi connectivity index (χ1v) is 11.5. The van der Waals surface area contributed by atoms with Crippen molar-refractivity contribution in [2.75, 3.05) is 6.61 Å². The lowest BCUT2D eigenvalue weighted by Gasteiger charge is -2.12. The molecule has 0 atom stereocenters. The van der Waals surface area contributed by atoms with Gasteiger partial charge in [0.05, 0.1) is 13.2 Å². The molecule has 5 nitrogen and oxygen atoms in total. The molecule has 4 aromatic rings. The van der Waals surface area contributed by atoms with Crippen LogP contribution >= 0.6 is 0 Å². The molecular weight excluding hydrogens is 450 g/mol. The average Bonchev–Trinajstić information content (AvgIpc) is 3.33. The van der Waals surface area contributed by atoms with Crippen LogP contribution in [-0.4, -0.2) is 22.2 Å². The van der Waals surface area contributed by atoms with Gasteiger partial charge >= 0.3 is 0 Å². The molecule has 0 amide bonds. The zero-order valence-corrected chi connectivity index (χ0v) is 19.4. The average molecular weight is 477 g/mol. The molecule has 0 fully saturated rings. The van der Waals surface area contributed by atoms with Crippen LogP contribution in [0.3, 0.4) is 0 Å². The Kier molecular flexibility index (Phi) is 7.88.